The van der Waals surface area contributed by atoms with Gasteiger partial charge < -0.3 is 9.47 Å². The average Bonchev–Trinajstić information content (AvgIpc) is 2.89. The first-order valence-corrected chi connectivity index (χ1v) is 7.56. The Labute approximate surface area is 142 Å². The van der Waals surface area contributed by atoms with Crippen LogP contribution >= 0.6 is 0 Å². The summed E-state index contributed by atoms with van der Waals surface area (Å²) in [7, 11) is 0. The molecule has 1 atom stereocenters. The second-order valence-electron chi connectivity index (χ2n) is 5.66. The van der Waals surface area contributed by atoms with E-state index in [1.165, 1.54) is 18.3 Å². The molecule has 2 heterocycles. The number of amides is 1. The molecule has 0 spiro atoms. The van der Waals surface area contributed by atoms with E-state index in [9.17, 15) is 18.0 Å². The van der Waals surface area contributed by atoms with E-state index < -0.39 is 24.3 Å². The first-order chi connectivity index (χ1) is 11.9. The zero-order valence-corrected chi connectivity index (χ0v) is 13.3. The number of nitrogens with zero attached hydrogens (tertiary/aromatic N) is 2. The van der Waals surface area contributed by atoms with Crippen molar-refractivity contribution in [2.75, 3.05) is 6.61 Å². The molecule has 3 rings (SSSR count). The van der Waals surface area contributed by atoms with Gasteiger partial charge >= 0.3 is 12.7 Å². The molecular formula is C17H15F3N2O3. The van der Waals surface area contributed by atoms with Crippen molar-refractivity contribution in [1.29, 1.82) is 0 Å². The molecule has 0 saturated carbocycles. The Morgan fingerprint density at radius 2 is 2.12 bits per heavy atom. The van der Waals surface area contributed by atoms with Crippen molar-refractivity contribution in [3.05, 3.63) is 48.0 Å². The molecule has 1 fully saturated rings. The normalized spacial score (nSPS) is 17.1. The van der Waals surface area contributed by atoms with E-state index in [4.69, 9.17) is 4.74 Å². The number of pyridine rings is 1. The Morgan fingerprint density at radius 3 is 2.80 bits per heavy atom. The van der Waals surface area contributed by atoms with E-state index in [1.807, 2.05) is 6.92 Å². The molecule has 1 amide bonds. The summed E-state index contributed by atoms with van der Waals surface area (Å²) in [5, 5.41) is 0. The minimum Gasteiger partial charge on any atom is -0.447 e. The van der Waals surface area contributed by atoms with Gasteiger partial charge in [-0.25, -0.2) is 9.18 Å². The van der Waals surface area contributed by atoms with E-state index in [2.05, 4.69) is 9.72 Å². The Morgan fingerprint density at radius 1 is 1.32 bits per heavy atom. The molecule has 1 unspecified atom stereocenters. The van der Waals surface area contributed by atoms with E-state index in [-0.39, 0.29) is 6.04 Å². The lowest BCUT2D eigenvalue weighted by Crippen LogP contribution is -2.30. The van der Waals surface area contributed by atoms with Crippen LogP contribution in [-0.2, 0) is 11.3 Å². The molecule has 1 aliphatic heterocycles. The highest BCUT2D eigenvalue weighted by Crippen LogP contribution is 2.28. The number of cyclic esters (lactones) is 1. The van der Waals surface area contributed by atoms with Crippen molar-refractivity contribution in [3.63, 3.8) is 0 Å². The highest BCUT2D eigenvalue weighted by Gasteiger charge is 2.29. The Kier molecular flexibility index (Phi) is 4.78. The van der Waals surface area contributed by atoms with Gasteiger partial charge in [0.15, 0.2) is 11.6 Å². The molecule has 0 radical (unpaired) electrons. The van der Waals surface area contributed by atoms with Crippen LogP contribution in [0.4, 0.5) is 18.0 Å². The first kappa shape index (κ1) is 17.1. The third-order valence-electron chi connectivity index (χ3n) is 3.84. The Balaban J connectivity index is 1.85. The van der Waals surface area contributed by atoms with Crippen molar-refractivity contribution in [3.8, 4) is 16.9 Å². The number of benzene rings is 1. The van der Waals surface area contributed by atoms with Crippen LogP contribution in [-0.4, -0.2) is 35.2 Å². The number of halogens is 3. The summed E-state index contributed by atoms with van der Waals surface area (Å²) < 4.78 is 47.4. The van der Waals surface area contributed by atoms with Gasteiger partial charge in [-0.15, -0.1) is 0 Å². The number of carbonyl (C=O) groups is 1. The maximum Gasteiger partial charge on any atom is 0.410 e. The highest BCUT2D eigenvalue weighted by molar-refractivity contribution is 5.70. The van der Waals surface area contributed by atoms with Crippen LogP contribution in [0.5, 0.6) is 5.75 Å². The van der Waals surface area contributed by atoms with Crippen molar-refractivity contribution in [2.45, 2.75) is 26.1 Å². The minimum absolute atomic E-state index is 0.0481. The second kappa shape index (κ2) is 7.00. The van der Waals surface area contributed by atoms with E-state index in [1.54, 1.807) is 17.2 Å². The molecule has 1 saturated heterocycles. The van der Waals surface area contributed by atoms with Crippen LogP contribution in [0.15, 0.2) is 36.7 Å². The van der Waals surface area contributed by atoms with Crippen LogP contribution < -0.4 is 4.74 Å². The fraction of sp³-hybridized carbons (Fsp3) is 0.294. The summed E-state index contributed by atoms with van der Waals surface area (Å²) in [6.07, 6.45) is 2.73. The SMILES string of the molecule is CC1COC(=O)N1Cc1cncc(-c2ccc(F)c(OC(F)F)c2)c1. The van der Waals surface area contributed by atoms with Gasteiger partial charge in [0, 0.05) is 18.0 Å². The van der Waals surface area contributed by atoms with Gasteiger partial charge in [0.05, 0.1) is 12.6 Å². The molecule has 8 heteroatoms. The maximum atomic E-state index is 13.5. The number of hydrogen-bond donors (Lipinski definition) is 0. The van der Waals surface area contributed by atoms with E-state index in [0.29, 0.717) is 24.3 Å². The van der Waals surface area contributed by atoms with Crippen LogP contribution in [0.25, 0.3) is 11.1 Å². The first-order valence-electron chi connectivity index (χ1n) is 7.56. The molecule has 25 heavy (non-hydrogen) atoms. The number of carbonyl (C=O) groups excluding carboxylic acids is 1. The summed E-state index contributed by atoms with van der Waals surface area (Å²) >= 11 is 0. The number of alkyl halides is 2. The molecule has 1 aromatic heterocycles. The third kappa shape index (κ3) is 3.84. The van der Waals surface area contributed by atoms with Crippen LogP contribution in [0.1, 0.15) is 12.5 Å². The maximum absolute atomic E-state index is 13.5. The Bertz CT molecular complexity index is 785. The molecule has 1 aromatic carbocycles. The molecule has 5 nitrogen and oxygen atoms in total. The quantitative estimate of drug-likeness (QED) is 0.821. The van der Waals surface area contributed by atoms with Gasteiger partial charge in [0.25, 0.3) is 0 Å². The summed E-state index contributed by atoms with van der Waals surface area (Å²) in [4.78, 5) is 17.4. The molecule has 2 aromatic rings. The van der Waals surface area contributed by atoms with Crippen LogP contribution in [0, 0.1) is 5.82 Å². The van der Waals surface area contributed by atoms with Crippen molar-refractivity contribution >= 4 is 6.09 Å². The molecule has 0 N–H and O–H groups in total. The van der Waals surface area contributed by atoms with Gasteiger partial charge in [-0.2, -0.15) is 8.78 Å². The standard InChI is InChI=1S/C17H15F3N2O3/c1-10-9-24-17(23)22(10)8-11-4-13(7-21-6-11)12-2-3-14(18)15(5-12)25-16(19)20/h2-7,10,16H,8-9H2,1H3. The molecule has 0 bridgehead atoms. The minimum atomic E-state index is -3.11. The second-order valence-corrected chi connectivity index (χ2v) is 5.66. The van der Waals surface area contributed by atoms with Gasteiger partial charge in [0.2, 0.25) is 0 Å². The number of hydrogen-bond acceptors (Lipinski definition) is 4. The van der Waals surface area contributed by atoms with E-state index in [0.717, 1.165) is 11.6 Å². The predicted molar refractivity (Wildman–Crippen MR) is 82.6 cm³/mol. The largest absolute Gasteiger partial charge is 0.447 e. The van der Waals surface area contributed by atoms with Crippen LogP contribution in [0.2, 0.25) is 0 Å². The lowest BCUT2D eigenvalue weighted by atomic mass is 10.1. The molecular weight excluding hydrogens is 337 g/mol. The molecule has 0 aliphatic carbocycles. The monoisotopic (exact) mass is 352 g/mol. The van der Waals surface area contributed by atoms with Gasteiger partial charge in [-0.3, -0.25) is 9.88 Å². The number of rotatable bonds is 5. The van der Waals surface area contributed by atoms with E-state index >= 15 is 0 Å². The number of ether oxygens (including phenoxy) is 2. The lowest BCUT2D eigenvalue weighted by Gasteiger charge is -2.18. The summed E-state index contributed by atoms with van der Waals surface area (Å²) in [6.45, 7) is -0.603. The van der Waals surface area contributed by atoms with Gasteiger partial charge in [-0.05, 0) is 36.2 Å². The highest BCUT2D eigenvalue weighted by atomic mass is 19.3. The number of aromatic nitrogens is 1. The molecule has 132 valence electrons. The van der Waals surface area contributed by atoms with Gasteiger partial charge in [-0.1, -0.05) is 6.07 Å². The van der Waals surface area contributed by atoms with Crippen LogP contribution in [0.3, 0.4) is 0 Å². The Hall–Kier alpha value is -2.77. The van der Waals surface area contributed by atoms with Crippen molar-refractivity contribution < 1.29 is 27.4 Å². The lowest BCUT2D eigenvalue weighted by molar-refractivity contribution is -0.0521. The fourth-order valence-electron chi connectivity index (χ4n) is 2.56. The summed E-state index contributed by atoms with van der Waals surface area (Å²) in [5.41, 5.74) is 1.81. The van der Waals surface area contributed by atoms with Crippen molar-refractivity contribution in [1.82, 2.24) is 9.88 Å². The zero-order chi connectivity index (χ0) is 18.0. The fourth-order valence-corrected chi connectivity index (χ4v) is 2.56. The average molecular weight is 352 g/mol. The van der Waals surface area contributed by atoms with Crippen molar-refractivity contribution in [2.24, 2.45) is 0 Å². The summed E-state index contributed by atoms with van der Waals surface area (Å²) in [6, 6.07) is 5.40. The smallest absolute Gasteiger partial charge is 0.410 e. The third-order valence-corrected chi connectivity index (χ3v) is 3.84. The van der Waals surface area contributed by atoms with Gasteiger partial charge in [0.1, 0.15) is 6.61 Å². The topological polar surface area (TPSA) is 51.7 Å². The summed E-state index contributed by atoms with van der Waals surface area (Å²) in [5.74, 6) is -1.41. The predicted octanol–water partition coefficient (Wildman–Crippen LogP) is 3.83. The zero-order valence-electron chi connectivity index (χ0n) is 13.3. The molecule has 1 aliphatic rings.